The van der Waals surface area contributed by atoms with Gasteiger partial charge in [0.25, 0.3) is 5.91 Å². The van der Waals surface area contributed by atoms with E-state index in [-0.39, 0.29) is 5.91 Å². The van der Waals surface area contributed by atoms with Crippen LogP contribution in [0.1, 0.15) is 15.9 Å². The van der Waals surface area contributed by atoms with Gasteiger partial charge in [-0.25, -0.2) is 9.97 Å². The lowest BCUT2D eigenvalue weighted by atomic mass is 10.1. The van der Waals surface area contributed by atoms with Crippen LogP contribution in [0.3, 0.4) is 0 Å². The minimum Gasteiger partial charge on any atom is -0.363 e. The van der Waals surface area contributed by atoms with Gasteiger partial charge in [0.15, 0.2) is 11.5 Å². The number of carbonyl (C=O) groups is 1. The number of aromatic nitrogens is 3. The van der Waals surface area contributed by atoms with E-state index in [0.717, 1.165) is 16.8 Å². The largest absolute Gasteiger partial charge is 0.363 e. The maximum atomic E-state index is 12.3. The van der Waals surface area contributed by atoms with E-state index in [2.05, 4.69) is 15.3 Å². The molecule has 0 spiro atoms. The molecule has 1 amide bonds. The van der Waals surface area contributed by atoms with Gasteiger partial charge in [0.05, 0.1) is 21.9 Å². The number of imidazole rings is 1. The fraction of sp³-hybridized carbons (Fsp3) is 0.136. The van der Waals surface area contributed by atoms with Crippen LogP contribution in [0.2, 0.25) is 10.0 Å². The second-order valence-electron chi connectivity index (χ2n) is 7.00. The number of benzene rings is 2. The van der Waals surface area contributed by atoms with E-state index in [1.54, 1.807) is 43.5 Å². The Morgan fingerprint density at radius 2 is 1.93 bits per heavy atom. The molecule has 152 valence electrons. The van der Waals surface area contributed by atoms with Gasteiger partial charge in [-0.05, 0) is 29.8 Å². The summed E-state index contributed by atoms with van der Waals surface area (Å²) >= 11 is 12.1. The Morgan fingerprint density at radius 1 is 1.10 bits per heavy atom. The molecule has 6 nitrogen and oxygen atoms in total. The SMILES string of the molecule is CN(C)C(=O)c1cccc(-c2cnc(NCc3ccc(Cl)c(Cl)c3)c3nccn23)c1. The van der Waals surface area contributed by atoms with Crippen LogP contribution in [0.15, 0.2) is 61.1 Å². The summed E-state index contributed by atoms with van der Waals surface area (Å²) in [5.41, 5.74) is 4.02. The topological polar surface area (TPSA) is 62.5 Å². The van der Waals surface area contributed by atoms with Crippen molar-refractivity contribution >= 4 is 40.6 Å². The molecule has 30 heavy (non-hydrogen) atoms. The average Bonchev–Trinajstić information content (AvgIpc) is 3.24. The lowest BCUT2D eigenvalue weighted by molar-refractivity contribution is 0.0827. The van der Waals surface area contributed by atoms with Gasteiger partial charge in [0.1, 0.15) is 0 Å². The molecule has 0 bridgehead atoms. The zero-order chi connectivity index (χ0) is 21.3. The van der Waals surface area contributed by atoms with Gasteiger partial charge in [-0.15, -0.1) is 0 Å². The Hall–Kier alpha value is -3.09. The van der Waals surface area contributed by atoms with Crippen molar-refractivity contribution in [2.24, 2.45) is 0 Å². The molecule has 0 aliphatic rings. The van der Waals surface area contributed by atoms with Crippen molar-refractivity contribution in [1.82, 2.24) is 19.3 Å². The summed E-state index contributed by atoms with van der Waals surface area (Å²) in [5.74, 6) is 0.599. The van der Waals surface area contributed by atoms with Gasteiger partial charge in [-0.1, -0.05) is 41.4 Å². The molecule has 1 N–H and O–H groups in total. The maximum absolute atomic E-state index is 12.3. The molecule has 0 unspecified atom stereocenters. The standard InChI is InChI=1S/C22H19Cl2N5O/c1-28(2)22(30)16-5-3-4-15(11-16)19-13-27-20(21-25-8-9-29(19)21)26-12-14-6-7-17(23)18(24)10-14/h3-11,13H,12H2,1-2H3,(H,26,27). The van der Waals surface area contributed by atoms with E-state index in [9.17, 15) is 4.79 Å². The molecule has 0 saturated carbocycles. The number of rotatable bonds is 5. The van der Waals surface area contributed by atoms with Crippen LogP contribution in [0.4, 0.5) is 5.82 Å². The lowest BCUT2D eigenvalue weighted by Crippen LogP contribution is -2.21. The highest BCUT2D eigenvalue weighted by Crippen LogP contribution is 2.26. The summed E-state index contributed by atoms with van der Waals surface area (Å²) in [4.78, 5) is 22.9. The predicted molar refractivity (Wildman–Crippen MR) is 120 cm³/mol. The first kappa shape index (κ1) is 20.2. The van der Waals surface area contributed by atoms with Crippen molar-refractivity contribution in [3.05, 3.63) is 82.2 Å². The fourth-order valence-corrected chi connectivity index (χ4v) is 3.48. The van der Waals surface area contributed by atoms with Crippen molar-refractivity contribution < 1.29 is 4.79 Å². The van der Waals surface area contributed by atoms with Crippen LogP contribution in [-0.2, 0) is 6.54 Å². The molecular weight excluding hydrogens is 421 g/mol. The number of carbonyl (C=O) groups excluding carboxylic acids is 1. The summed E-state index contributed by atoms with van der Waals surface area (Å²) in [6, 6.07) is 13.0. The first-order valence-corrected chi connectivity index (χ1v) is 10.0. The van der Waals surface area contributed by atoms with Crippen LogP contribution in [0, 0.1) is 0 Å². The molecule has 0 fully saturated rings. The molecular formula is C22H19Cl2N5O. The monoisotopic (exact) mass is 439 g/mol. The minimum absolute atomic E-state index is 0.0494. The third-order valence-electron chi connectivity index (χ3n) is 4.68. The summed E-state index contributed by atoms with van der Waals surface area (Å²) in [5, 5.41) is 4.34. The first-order chi connectivity index (χ1) is 14.4. The van der Waals surface area contributed by atoms with E-state index in [4.69, 9.17) is 23.2 Å². The van der Waals surface area contributed by atoms with Crippen molar-refractivity contribution in [2.75, 3.05) is 19.4 Å². The predicted octanol–water partition coefficient (Wildman–Crippen LogP) is 5.02. The van der Waals surface area contributed by atoms with Gasteiger partial charge < -0.3 is 10.2 Å². The molecule has 0 aliphatic heterocycles. The number of nitrogens with zero attached hydrogens (tertiary/aromatic N) is 4. The highest BCUT2D eigenvalue weighted by Gasteiger charge is 2.13. The normalized spacial score (nSPS) is 10.9. The second kappa shape index (κ2) is 8.34. The lowest BCUT2D eigenvalue weighted by Gasteiger charge is -2.13. The Bertz CT molecular complexity index is 1240. The van der Waals surface area contributed by atoms with Gasteiger partial charge in [0.2, 0.25) is 0 Å². The Morgan fingerprint density at radius 3 is 2.70 bits per heavy atom. The van der Waals surface area contributed by atoms with E-state index in [0.29, 0.717) is 33.6 Å². The summed E-state index contributed by atoms with van der Waals surface area (Å²) in [7, 11) is 3.47. The molecule has 4 aromatic rings. The zero-order valence-electron chi connectivity index (χ0n) is 16.4. The van der Waals surface area contributed by atoms with Crippen LogP contribution < -0.4 is 5.32 Å². The van der Waals surface area contributed by atoms with Crippen LogP contribution in [0.5, 0.6) is 0 Å². The van der Waals surface area contributed by atoms with Gasteiger partial charge >= 0.3 is 0 Å². The summed E-state index contributed by atoms with van der Waals surface area (Å²) in [6.45, 7) is 0.526. The molecule has 0 atom stereocenters. The quantitative estimate of drug-likeness (QED) is 0.474. The van der Waals surface area contributed by atoms with Crippen LogP contribution in [-0.4, -0.2) is 39.3 Å². The van der Waals surface area contributed by atoms with Gasteiger partial charge in [0, 0.05) is 44.2 Å². The molecule has 0 aliphatic carbocycles. The minimum atomic E-state index is -0.0494. The number of amides is 1. The van der Waals surface area contributed by atoms with Crippen molar-refractivity contribution in [3.63, 3.8) is 0 Å². The maximum Gasteiger partial charge on any atom is 0.253 e. The number of hydrogen-bond acceptors (Lipinski definition) is 4. The third kappa shape index (κ3) is 3.97. The van der Waals surface area contributed by atoms with Gasteiger partial charge in [-0.2, -0.15) is 0 Å². The average molecular weight is 440 g/mol. The molecule has 2 aromatic heterocycles. The van der Waals surface area contributed by atoms with E-state index >= 15 is 0 Å². The van der Waals surface area contributed by atoms with E-state index in [1.165, 1.54) is 0 Å². The van der Waals surface area contributed by atoms with Crippen molar-refractivity contribution in [3.8, 4) is 11.3 Å². The van der Waals surface area contributed by atoms with Crippen molar-refractivity contribution in [1.29, 1.82) is 0 Å². The Balaban J connectivity index is 1.65. The number of hydrogen-bond donors (Lipinski definition) is 1. The summed E-state index contributed by atoms with van der Waals surface area (Å²) in [6.07, 6.45) is 5.36. The molecule has 4 rings (SSSR count). The van der Waals surface area contributed by atoms with Crippen molar-refractivity contribution in [2.45, 2.75) is 6.54 Å². The zero-order valence-corrected chi connectivity index (χ0v) is 17.9. The molecule has 8 heteroatoms. The van der Waals surface area contributed by atoms with Gasteiger partial charge in [-0.3, -0.25) is 9.20 Å². The van der Waals surface area contributed by atoms with Crippen LogP contribution in [0.25, 0.3) is 16.9 Å². The highest BCUT2D eigenvalue weighted by atomic mass is 35.5. The number of fused-ring (bicyclic) bond motifs is 1. The van der Waals surface area contributed by atoms with E-state index in [1.807, 2.05) is 40.9 Å². The molecule has 0 radical (unpaired) electrons. The molecule has 0 saturated heterocycles. The number of nitrogens with one attached hydrogen (secondary N) is 1. The molecule has 2 heterocycles. The Kier molecular flexibility index (Phi) is 5.61. The summed E-state index contributed by atoms with van der Waals surface area (Å²) < 4.78 is 1.95. The van der Waals surface area contributed by atoms with Crippen LogP contribution >= 0.6 is 23.2 Å². The van der Waals surface area contributed by atoms with E-state index < -0.39 is 0 Å². The first-order valence-electron chi connectivity index (χ1n) is 9.26. The number of halogens is 2. The fourth-order valence-electron chi connectivity index (χ4n) is 3.16. The highest BCUT2D eigenvalue weighted by molar-refractivity contribution is 6.42. The Labute approximate surface area is 184 Å². The smallest absolute Gasteiger partial charge is 0.253 e. The third-order valence-corrected chi connectivity index (χ3v) is 5.42. The molecule has 2 aromatic carbocycles. The number of anilines is 1. The second-order valence-corrected chi connectivity index (χ2v) is 7.81.